The maximum atomic E-state index is 12.3. The Morgan fingerprint density at radius 1 is 0.846 bits per heavy atom. The van der Waals surface area contributed by atoms with E-state index in [0.717, 1.165) is 5.69 Å². The van der Waals surface area contributed by atoms with E-state index in [-0.39, 0.29) is 11.3 Å². The zero-order chi connectivity index (χ0) is 18.5. The Kier molecular flexibility index (Phi) is 5.17. The first-order chi connectivity index (χ1) is 12.6. The first kappa shape index (κ1) is 17.5. The van der Waals surface area contributed by atoms with Gasteiger partial charge in [0.2, 0.25) is 0 Å². The van der Waals surface area contributed by atoms with E-state index in [9.17, 15) is 14.4 Å². The van der Waals surface area contributed by atoms with E-state index in [4.69, 9.17) is 5.73 Å². The molecular weight excluding hydrogens is 332 g/mol. The summed E-state index contributed by atoms with van der Waals surface area (Å²) in [4.78, 5) is 40.1. The summed E-state index contributed by atoms with van der Waals surface area (Å²) in [6, 6.07) is 16.3. The molecule has 134 valence electrons. The van der Waals surface area contributed by atoms with E-state index >= 15 is 0 Å². The maximum Gasteiger partial charge on any atom is 0.316 e. The second-order valence-electron chi connectivity index (χ2n) is 5.99. The molecule has 26 heavy (non-hydrogen) atoms. The lowest BCUT2D eigenvalue weighted by Gasteiger charge is -2.35. The molecule has 0 atom stereocenters. The van der Waals surface area contributed by atoms with E-state index < -0.39 is 17.7 Å². The van der Waals surface area contributed by atoms with Crippen molar-refractivity contribution in [2.75, 3.05) is 36.8 Å². The van der Waals surface area contributed by atoms with E-state index in [1.165, 1.54) is 11.0 Å². The molecule has 3 amide bonds. The lowest BCUT2D eigenvalue weighted by atomic mass is 10.1. The molecule has 3 N–H and O–H groups in total. The van der Waals surface area contributed by atoms with Gasteiger partial charge in [0.05, 0.1) is 5.56 Å². The lowest BCUT2D eigenvalue weighted by molar-refractivity contribution is -0.145. The third-order valence-corrected chi connectivity index (χ3v) is 4.31. The fourth-order valence-corrected chi connectivity index (χ4v) is 2.88. The smallest absolute Gasteiger partial charge is 0.316 e. The molecule has 3 rings (SSSR count). The Labute approximate surface area is 151 Å². The van der Waals surface area contributed by atoms with Crippen molar-refractivity contribution in [1.29, 1.82) is 0 Å². The Hall–Kier alpha value is -3.35. The molecule has 1 fully saturated rings. The van der Waals surface area contributed by atoms with Crippen LogP contribution in [-0.4, -0.2) is 48.8 Å². The van der Waals surface area contributed by atoms with Gasteiger partial charge in [-0.3, -0.25) is 19.7 Å². The quantitative estimate of drug-likeness (QED) is 0.618. The van der Waals surface area contributed by atoms with Gasteiger partial charge >= 0.3 is 11.8 Å². The number of para-hydroxylation sites is 2. The number of anilines is 2. The van der Waals surface area contributed by atoms with Crippen LogP contribution < -0.4 is 16.0 Å². The minimum absolute atomic E-state index is 0.169. The predicted octanol–water partition coefficient (Wildman–Crippen LogP) is 0.874. The van der Waals surface area contributed by atoms with Crippen molar-refractivity contribution in [3.8, 4) is 0 Å². The van der Waals surface area contributed by atoms with Crippen molar-refractivity contribution in [3.63, 3.8) is 0 Å². The number of carbonyl (C=O) groups is 3. The average Bonchev–Trinajstić information content (AvgIpc) is 2.68. The highest BCUT2D eigenvalue weighted by molar-refractivity contribution is 6.38. The van der Waals surface area contributed by atoms with Gasteiger partial charge in [-0.1, -0.05) is 30.3 Å². The van der Waals surface area contributed by atoms with Crippen LogP contribution >= 0.6 is 0 Å². The van der Waals surface area contributed by atoms with Crippen molar-refractivity contribution in [3.05, 3.63) is 60.2 Å². The Morgan fingerprint density at radius 3 is 2.12 bits per heavy atom. The molecule has 0 bridgehead atoms. The van der Waals surface area contributed by atoms with E-state index in [1.807, 2.05) is 30.3 Å². The summed E-state index contributed by atoms with van der Waals surface area (Å²) in [5, 5.41) is 2.11. The summed E-state index contributed by atoms with van der Waals surface area (Å²) in [5.74, 6) is -2.32. The van der Waals surface area contributed by atoms with Crippen molar-refractivity contribution < 1.29 is 14.4 Å². The third-order valence-electron chi connectivity index (χ3n) is 4.31. The van der Waals surface area contributed by atoms with Crippen LogP contribution in [0, 0.1) is 0 Å². The van der Waals surface area contributed by atoms with Crippen LogP contribution in [0.1, 0.15) is 10.4 Å². The van der Waals surface area contributed by atoms with Crippen LogP contribution in [0.5, 0.6) is 0 Å². The summed E-state index contributed by atoms with van der Waals surface area (Å²) >= 11 is 0. The minimum Gasteiger partial charge on any atom is -0.398 e. The van der Waals surface area contributed by atoms with Crippen LogP contribution in [0.4, 0.5) is 11.4 Å². The van der Waals surface area contributed by atoms with Crippen molar-refractivity contribution in [1.82, 2.24) is 10.2 Å². The van der Waals surface area contributed by atoms with Gasteiger partial charge in [0.25, 0.3) is 5.91 Å². The number of nitrogens with two attached hydrogens (primary N) is 1. The van der Waals surface area contributed by atoms with Crippen molar-refractivity contribution in [2.45, 2.75) is 0 Å². The maximum absolute atomic E-state index is 12.3. The summed E-state index contributed by atoms with van der Waals surface area (Å²) < 4.78 is 0. The van der Waals surface area contributed by atoms with Crippen LogP contribution in [-0.2, 0) is 9.59 Å². The van der Waals surface area contributed by atoms with Crippen LogP contribution in [0.2, 0.25) is 0 Å². The molecule has 7 nitrogen and oxygen atoms in total. The van der Waals surface area contributed by atoms with Gasteiger partial charge in [0.15, 0.2) is 0 Å². The number of rotatable bonds is 2. The molecule has 2 aromatic rings. The van der Waals surface area contributed by atoms with E-state index in [1.54, 1.807) is 18.2 Å². The summed E-state index contributed by atoms with van der Waals surface area (Å²) in [7, 11) is 0. The Morgan fingerprint density at radius 2 is 1.46 bits per heavy atom. The molecule has 0 unspecified atom stereocenters. The normalized spacial score (nSPS) is 14.0. The molecule has 0 saturated carbocycles. The van der Waals surface area contributed by atoms with E-state index in [0.29, 0.717) is 26.2 Å². The number of piperazine rings is 1. The van der Waals surface area contributed by atoms with Crippen LogP contribution in [0.15, 0.2) is 54.6 Å². The van der Waals surface area contributed by atoms with Gasteiger partial charge in [-0.15, -0.1) is 0 Å². The molecule has 1 aliphatic heterocycles. The van der Waals surface area contributed by atoms with Gasteiger partial charge in [-0.05, 0) is 24.3 Å². The van der Waals surface area contributed by atoms with Gasteiger partial charge < -0.3 is 15.5 Å². The number of imide groups is 1. The number of nitrogen functional groups attached to an aromatic ring is 1. The number of carbonyl (C=O) groups excluding carboxylic acids is 3. The monoisotopic (exact) mass is 352 g/mol. The molecule has 0 aliphatic carbocycles. The Balaban J connectivity index is 1.56. The Bertz CT molecular complexity index is 815. The number of amides is 3. The van der Waals surface area contributed by atoms with Gasteiger partial charge in [0, 0.05) is 37.6 Å². The third kappa shape index (κ3) is 3.83. The number of nitrogens with zero attached hydrogens (tertiary/aromatic N) is 2. The zero-order valence-electron chi connectivity index (χ0n) is 14.2. The number of benzene rings is 2. The highest BCUT2D eigenvalue weighted by Gasteiger charge is 2.27. The molecule has 0 spiro atoms. The van der Waals surface area contributed by atoms with Gasteiger partial charge in [0.1, 0.15) is 0 Å². The number of nitrogens with one attached hydrogen (secondary N) is 1. The second kappa shape index (κ2) is 7.69. The fraction of sp³-hybridized carbons (Fsp3) is 0.211. The molecule has 0 aromatic heterocycles. The molecule has 1 aliphatic rings. The number of hydrogen-bond donors (Lipinski definition) is 2. The topological polar surface area (TPSA) is 95.7 Å². The lowest BCUT2D eigenvalue weighted by Crippen LogP contribution is -2.53. The number of hydrogen-bond acceptors (Lipinski definition) is 5. The second-order valence-corrected chi connectivity index (χ2v) is 5.99. The van der Waals surface area contributed by atoms with Crippen molar-refractivity contribution in [2.24, 2.45) is 0 Å². The SMILES string of the molecule is Nc1ccccc1C(=O)NC(=O)C(=O)N1CCN(c2ccccc2)CC1. The average molecular weight is 352 g/mol. The summed E-state index contributed by atoms with van der Waals surface area (Å²) in [5.41, 5.74) is 7.22. The first-order valence-corrected chi connectivity index (χ1v) is 8.35. The largest absolute Gasteiger partial charge is 0.398 e. The summed E-state index contributed by atoms with van der Waals surface area (Å²) in [6.45, 7) is 2.09. The summed E-state index contributed by atoms with van der Waals surface area (Å²) in [6.07, 6.45) is 0. The van der Waals surface area contributed by atoms with Gasteiger partial charge in [-0.2, -0.15) is 0 Å². The molecule has 0 radical (unpaired) electrons. The highest BCUT2D eigenvalue weighted by atomic mass is 16.2. The highest BCUT2D eigenvalue weighted by Crippen LogP contribution is 2.15. The molecule has 2 aromatic carbocycles. The molecule has 7 heteroatoms. The van der Waals surface area contributed by atoms with Crippen molar-refractivity contribution >= 4 is 29.1 Å². The van der Waals surface area contributed by atoms with E-state index in [2.05, 4.69) is 10.2 Å². The standard InChI is InChI=1S/C19H20N4O3/c20-16-9-5-4-8-15(16)17(24)21-18(25)19(26)23-12-10-22(11-13-23)14-6-2-1-3-7-14/h1-9H,10-13,20H2,(H,21,24,25). The van der Waals surface area contributed by atoms with Crippen LogP contribution in [0.25, 0.3) is 0 Å². The predicted molar refractivity (Wildman–Crippen MR) is 98.6 cm³/mol. The van der Waals surface area contributed by atoms with Crippen LogP contribution in [0.3, 0.4) is 0 Å². The fourth-order valence-electron chi connectivity index (χ4n) is 2.88. The zero-order valence-corrected chi connectivity index (χ0v) is 14.2. The minimum atomic E-state index is -0.939. The molecule has 1 saturated heterocycles. The molecular formula is C19H20N4O3. The van der Waals surface area contributed by atoms with Gasteiger partial charge in [-0.25, -0.2) is 0 Å². The molecule has 1 heterocycles. The first-order valence-electron chi connectivity index (χ1n) is 8.35.